The number of pyridine rings is 1. The van der Waals surface area contributed by atoms with Gasteiger partial charge in [-0.1, -0.05) is 12.1 Å². The van der Waals surface area contributed by atoms with Gasteiger partial charge in [0.25, 0.3) is 11.5 Å². The summed E-state index contributed by atoms with van der Waals surface area (Å²) in [6, 6.07) is 6.97. The van der Waals surface area contributed by atoms with Crippen molar-refractivity contribution in [1.82, 2.24) is 9.88 Å². The topological polar surface area (TPSA) is 143 Å². The zero-order chi connectivity index (χ0) is 21.3. The number of hydrogen-bond acceptors (Lipinski definition) is 7. The Balaban J connectivity index is 2.05. The molecular formula is C18H18N2O8S. The van der Waals surface area contributed by atoms with Crippen molar-refractivity contribution in [3.8, 4) is 11.5 Å². The zero-order valence-corrected chi connectivity index (χ0v) is 16.4. The number of fused-ring (bicyclic) bond motifs is 1. The molecule has 0 aliphatic carbocycles. The third-order valence-electron chi connectivity index (χ3n) is 4.39. The standard InChI is InChI=1S/C18H18N2O8S/c1-27-11-5-3-10(4-6-11)9-20-8-7-12-13(17(20)22)15(28-29(2,25)26)16(21)19-14(12)18(23)24/h3-6H,7-9H2,1-2H3,(H,19,21)(H,23,24). The number of carbonyl (C=O) groups is 2. The first-order chi connectivity index (χ1) is 13.6. The second-order valence-electron chi connectivity index (χ2n) is 6.43. The maximum absolute atomic E-state index is 13.1. The molecule has 0 saturated carbocycles. The Labute approximate surface area is 165 Å². The van der Waals surface area contributed by atoms with Crippen LogP contribution in [0.5, 0.6) is 11.5 Å². The number of nitrogens with zero attached hydrogens (tertiary/aromatic N) is 1. The molecule has 1 aliphatic rings. The van der Waals surface area contributed by atoms with E-state index in [2.05, 4.69) is 4.98 Å². The second-order valence-corrected chi connectivity index (χ2v) is 8.00. The number of amides is 1. The number of carboxylic acids is 1. The molecule has 2 N–H and O–H groups in total. The van der Waals surface area contributed by atoms with E-state index in [0.717, 1.165) is 11.8 Å². The zero-order valence-electron chi connectivity index (χ0n) is 15.6. The summed E-state index contributed by atoms with van der Waals surface area (Å²) in [4.78, 5) is 40.3. The van der Waals surface area contributed by atoms with E-state index >= 15 is 0 Å². The van der Waals surface area contributed by atoms with Gasteiger partial charge in [-0.3, -0.25) is 9.59 Å². The lowest BCUT2D eigenvalue weighted by Crippen LogP contribution is -2.40. The molecule has 3 rings (SSSR count). The highest BCUT2D eigenvalue weighted by molar-refractivity contribution is 7.86. The minimum absolute atomic E-state index is 0.0340. The predicted octanol–water partition coefficient (Wildman–Crippen LogP) is 0.619. The summed E-state index contributed by atoms with van der Waals surface area (Å²) in [5.74, 6) is -2.20. The molecule has 11 heteroatoms. The Bertz CT molecular complexity index is 1140. The summed E-state index contributed by atoms with van der Waals surface area (Å²) in [6.45, 7) is 0.359. The lowest BCUT2D eigenvalue weighted by Gasteiger charge is -2.30. The molecule has 0 unspecified atom stereocenters. The van der Waals surface area contributed by atoms with Crippen LogP contribution in [-0.2, 0) is 23.1 Å². The van der Waals surface area contributed by atoms with E-state index in [1.165, 1.54) is 12.0 Å². The van der Waals surface area contributed by atoms with Crippen LogP contribution in [-0.4, -0.2) is 55.2 Å². The van der Waals surface area contributed by atoms with Crippen molar-refractivity contribution in [3.63, 3.8) is 0 Å². The van der Waals surface area contributed by atoms with Crippen molar-refractivity contribution in [2.75, 3.05) is 19.9 Å². The molecule has 1 aromatic heterocycles. The number of H-pyrrole nitrogens is 1. The Morgan fingerprint density at radius 2 is 1.90 bits per heavy atom. The Morgan fingerprint density at radius 3 is 2.45 bits per heavy atom. The van der Waals surface area contributed by atoms with Gasteiger partial charge in [0.1, 0.15) is 11.4 Å². The maximum atomic E-state index is 13.1. The largest absolute Gasteiger partial charge is 0.497 e. The smallest absolute Gasteiger partial charge is 0.352 e. The van der Waals surface area contributed by atoms with Gasteiger partial charge in [-0.2, -0.15) is 8.42 Å². The summed E-state index contributed by atoms with van der Waals surface area (Å²) < 4.78 is 33.0. The van der Waals surface area contributed by atoms with Crippen molar-refractivity contribution in [2.24, 2.45) is 0 Å². The fraction of sp³-hybridized carbons (Fsp3) is 0.278. The molecule has 0 atom stereocenters. The molecule has 10 nitrogen and oxygen atoms in total. The summed E-state index contributed by atoms with van der Waals surface area (Å²) in [6.07, 6.45) is 0.835. The number of hydrogen-bond donors (Lipinski definition) is 2. The first kappa shape index (κ1) is 20.4. The summed E-state index contributed by atoms with van der Waals surface area (Å²) in [7, 11) is -2.60. The Kier molecular flexibility index (Phi) is 5.33. The van der Waals surface area contributed by atoms with Crippen molar-refractivity contribution >= 4 is 22.0 Å². The van der Waals surface area contributed by atoms with Gasteiger partial charge in [0.2, 0.25) is 5.75 Å². The molecule has 1 aromatic carbocycles. The van der Waals surface area contributed by atoms with Gasteiger partial charge in [-0.15, -0.1) is 0 Å². The SMILES string of the molecule is COc1ccc(CN2CCc3c(C(=O)O)[nH]c(=O)c(OS(C)(=O)=O)c3C2=O)cc1. The molecule has 0 saturated heterocycles. The number of ether oxygens (including phenoxy) is 1. The number of aromatic amines is 1. The molecule has 1 aliphatic heterocycles. The van der Waals surface area contributed by atoms with Crippen LogP contribution in [0.4, 0.5) is 0 Å². The van der Waals surface area contributed by atoms with Crippen molar-refractivity contribution in [2.45, 2.75) is 13.0 Å². The van der Waals surface area contributed by atoms with Gasteiger partial charge in [0, 0.05) is 18.7 Å². The number of aromatic carboxylic acids is 1. The van der Waals surface area contributed by atoms with Crippen LogP contribution in [0.3, 0.4) is 0 Å². The fourth-order valence-electron chi connectivity index (χ4n) is 3.12. The second kappa shape index (κ2) is 7.59. The highest BCUT2D eigenvalue weighted by Crippen LogP contribution is 2.29. The number of methoxy groups -OCH3 is 1. The minimum atomic E-state index is -4.13. The number of benzene rings is 1. The van der Waals surface area contributed by atoms with Crippen LogP contribution in [0, 0.1) is 0 Å². The molecule has 29 heavy (non-hydrogen) atoms. The van der Waals surface area contributed by atoms with E-state index in [9.17, 15) is 27.9 Å². The fourth-order valence-corrected chi connectivity index (χ4v) is 3.58. The normalized spacial score (nSPS) is 13.7. The summed E-state index contributed by atoms with van der Waals surface area (Å²) >= 11 is 0. The Hall–Kier alpha value is -3.34. The van der Waals surface area contributed by atoms with Crippen molar-refractivity contribution < 1.29 is 32.0 Å². The number of nitrogens with one attached hydrogen (secondary N) is 1. The lowest BCUT2D eigenvalue weighted by molar-refractivity contribution is 0.0684. The van der Waals surface area contributed by atoms with Gasteiger partial charge in [-0.25, -0.2) is 4.79 Å². The molecule has 154 valence electrons. The van der Waals surface area contributed by atoms with Crippen LogP contribution >= 0.6 is 0 Å². The molecular weight excluding hydrogens is 404 g/mol. The van der Waals surface area contributed by atoms with Crippen LogP contribution < -0.4 is 14.5 Å². The van der Waals surface area contributed by atoms with Crippen LogP contribution in [0.1, 0.15) is 32.0 Å². The third kappa shape index (κ3) is 4.24. The van der Waals surface area contributed by atoms with Gasteiger partial charge in [0.15, 0.2) is 0 Å². The summed E-state index contributed by atoms with van der Waals surface area (Å²) in [5.41, 5.74) is -1.10. The number of rotatable bonds is 6. The van der Waals surface area contributed by atoms with Crippen LogP contribution in [0.15, 0.2) is 29.1 Å². The molecule has 2 heterocycles. The van der Waals surface area contributed by atoms with E-state index in [1.54, 1.807) is 24.3 Å². The first-order valence-electron chi connectivity index (χ1n) is 8.45. The molecule has 1 amide bonds. The molecule has 2 aromatic rings. The van der Waals surface area contributed by atoms with E-state index in [-0.39, 0.29) is 30.6 Å². The molecule has 0 spiro atoms. The van der Waals surface area contributed by atoms with Gasteiger partial charge >= 0.3 is 16.1 Å². The van der Waals surface area contributed by atoms with Gasteiger partial charge < -0.3 is 23.9 Å². The number of carbonyl (C=O) groups excluding carboxylic acids is 1. The van der Waals surface area contributed by atoms with Gasteiger partial charge in [0.05, 0.1) is 18.9 Å². The molecule has 0 bridgehead atoms. The highest BCUT2D eigenvalue weighted by Gasteiger charge is 2.34. The lowest BCUT2D eigenvalue weighted by atomic mass is 9.96. The van der Waals surface area contributed by atoms with Crippen molar-refractivity contribution in [1.29, 1.82) is 0 Å². The van der Waals surface area contributed by atoms with E-state index in [4.69, 9.17) is 8.92 Å². The third-order valence-corrected chi connectivity index (χ3v) is 4.86. The van der Waals surface area contributed by atoms with Crippen LogP contribution in [0.2, 0.25) is 0 Å². The van der Waals surface area contributed by atoms with E-state index < -0.39 is 39.0 Å². The van der Waals surface area contributed by atoms with Crippen molar-refractivity contribution in [3.05, 3.63) is 57.0 Å². The molecule has 0 fully saturated rings. The monoisotopic (exact) mass is 422 g/mol. The quantitative estimate of drug-likeness (QED) is 0.645. The number of aromatic nitrogens is 1. The average Bonchev–Trinajstić information content (AvgIpc) is 2.65. The average molecular weight is 422 g/mol. The maximum Gasteiger partial charge on any atom is 0.352 e. The van der Waals surface area contributed by atoms with Gasteiger partial charge in [-0.05, 0) is 24.1 Å². The van der Waals surface area contributed by atoms with Crippen LogP contribution in [0.25, 0.3) is 0 Å². The predicted molar refractivity (Wildman–Crippen MR) is 101 cm³/mol. The number of carboxylic acid groups (broad SMARTS) is 1. The summed E-state index contributed by atoms with van der Waals surface area (Å²) in [5, 5.41) is 9.36. The molecule has 0 radical (unpaired) electrons. The Morgan fingerprint density at radius 1 is 1.24 bits per heavy atom. The first-order valence-corrected chi connectivity index (χ1v) is 10.3. The minimum Gasteiger partial charge on any atom is -0.497 e. The van der Waals surface area contributed by atoms with E-state index in [1.807, 2.05) is 0 Å². The van der Waals surface area contributed by atoms with E-state index in [0.29, 0.717) is 5.75 Å². The highest BCUT2D eigenvalue weighted by atomic mass is 32.2.